The number of nitrogens with one attached hydrogen (secondary N) is 1. The number of rotatable bonds is 4. The molecule has 3 rings (SSSR count). The number of benzene rings is 1. The number of ether oxygens (including phenoxy) is 1. The lowest BCUT2D eigenvalue weighted by atomic mass is 10.1. The molecule has 9 nitrogen and oxygen atoms in total. The highest BCUT2D eigenvalue weighted by atomic mass is 16.6. The van der Waals surface area contributed by atoms with Crippen molar-refractivity contribution in [2.75, 3.05) is 19.4 Å². The van der Waals surface area contributed by atoms with Gasteiger partial charge in [-0.3, -0.25) is 5.32 Å². The zero-order valence-electron chi connectivity index (χ0n) is 17.5. The molecule has 0 saturated heterocycles. The van der Waals surface area contributed by atoms with Crippen molar-refractivity contribution in [3.63, 3.8) is 0 Å². The van der Waals surface area contributed by atoms with Crippen LogP contribution in [0.1, 0.15) is 26.3 Å². The summed E-state index contributed by atoms with van der Waals surface area (Å²) in [6, 6.07) is 5.53. The van der Waals surface area contributed by atoms with Crippen molar-refractivity contribution in [3.8, 4) is 5.69 Å². The zero-order valence-corrected chi connectivity index (χ0v) is 17.5. The highest BCUT2D eigenvalue weighted by Gasteiger charge is 2.17. The molecule has 0 unspecified atom stereocenters. The second-order valence-electron chi connectivity index (χ2n) is 7.82. The van der Waals surface area contributed by atoms with E-state index in [0.717, 1.165) is 11.3 Å². The third-order valence-electron chi connectivity index (χ3n) is 3.82. The molecule has 0 atom stereocenters. The lowest BCUT2D eigenvalue weighted by Crippen LogP contribution is -2.27. The van der Waals surface area contributed by atoms with Crippen LogP contribution in [0.2, 0.25) is 0 Å². The number of fused-ring (bicyclic) bond motifs is 1. The number of aliphatic imine (C=N–C) groups is 1. The van der Waals surface area contributed by atoms with Crippen LogP contribution in [0.5, 0.6) is 0 Å². The van der Waals surface area contributed by atoms with E-state index < -0.39 is 11.7 Å². The Balaban J connectivity index is 1.95. The van der Waals surface area contributed by atoms with E-state index in [9.17, 15) is 4.79 Å². The van der Waals surface area contributed by atoms with E-state index in [2.05, 4.69) is 25.4 Å². The lowest BCUT2D eigenvalue weighted by molar-refractivity contribution is 0.0636. The first-order chi connectivity index (χ1) is 13.6. The first-order valence-electron chi connectivity index (χ1n) is 9.14. The van der Waals surface area contributed by atoms with Crippen LogP contribution in [0.3, 0.4) is 0 Å². The van der Waals surface area contributed by atoms with Crippen molar-refractivity contribution in [2.45, 2.75) is 33.3 Å². The van der Waals surface area contributed by atoms with Crippen molar-refractivity contribution < 1.29 is 9.53 Å². The Labute approximate surface area is 169 Å². The maximum atomic E-state index is 12.0. The Hall–Kier alpha value is -3.49. The molecule has 0 aliphatic heterocycles. The maximum Gasteiger partial charge on any atom is 0.412 e. The summed E-state index contributed by atoms with van der Waals surface area (Å²) in [5, 5.41) is 7.22. The standard InChI is InChI=1S/C20H25N7O2/c1-13-9-14(25-19(28)29-20(2,3)4)7-8-16(13)27-17-15(10-24-27)21-11-22-18(17)23-12-26(5)6/h7-12H,1-6H3,(H,25,28)/b23-12+. The van der Waals surface area contributed by atoms with Gasteiger partial charge < -0.3 is 9.64 Å². The number of hydrogen-bond donors (Lipinski definition) is 1. The fourth-order valence-corrected chi connectivity index (χ4v) is 2.69. The molecule has 3 aromatic rings. The van der Waals surface area contributed by atoms with Crippen molar-refractivity contribution in [1.82, 2.24) is 24.6 Å². The number of amides is 1. The minimum atomic E-state index is -0.559. The summed E-state index contributed by atoms with van der Waals surface area (Å²) < 4.78 is 7.05. The van der Waals surface area contributed by atoms with Crippen LogP contribution in [0.15, 0.2) is 35.7 Å². The van der Waals surface area contributed by atoms with Crippen molar-refractivity contribution in [3.05, 3.63) is 36.3 Å². The summed E-state index contributed by atoms with van der Waals surface area (Å²) in [7, 11) is 3.78. The van der Waals surface area contributed by atoms with E-state index in [1.54, 1.807) is 23.3 Å². The number of aromatic nitrogens is 4. The molecule has 2 heterocycles. The Kier molecular flexibility index (Phi) is 5.49. The largest absolute Gasteiger partial charge is 0.444 e. The Bertz CT molecular complexity index is 1060. The van der Waals surface area contributed by atoms with Crippen molar-refractivity contribution >= 4 is 35.0 Å². The van der Waals surface area contributed by atoms with Crippen molar-refractivity contribution in [2.24, 2.45) is 4.99 Å². The zero-order chi connectivity index (χ0) is 21.2. The Morgan fingerprint density at radius 2 is 2.03 bits per heavy atom. The van der Waals surface area contributed by atoms with Crippen LogP contribution in [-0.4, -0.2) is 56.8 Å². The SMILES string of the molecule is Cc1cc(NC(=O)OC(C)(C)C)ccc1-n1ncc2ncnc(/N=C/N(C)C)c21. The lowest BCUT2D eigenvalue weighted by Gasteiger charge is -2.20. The predicted molar refractivity (Wildman–Crippen MR) is 113 cm³/mol. The quantitative estimate of drug-likeness (QED) is 0.534. The fourth-order valence-electron chi connectivity index (χ4n) is 2.69. The molecule has 29 heavy (non-hydrogen) atoms. The fraction of sp³-hybridized carbons (Fsp3) is 0.350. The van der Waals surface area contributed by atoms with Gasteiger partial charge in [0.1, 0.15) is 23.0 Å². The summed E-state index contributed by atoms with van der Waals surface area (Å²) in [6.07, 6.45) is 4.33. The van der Waals surface area contributed by atoms with E-state index in [-0.39, 0.29) is 0 Å². The van der Waals surface area contributed by atoms with Gasteiger partial charge in [-0.05, 0) is 51.5 Å². The summed E-state index contributed by atoms with van der Waals surface area (Å²) in [4.78, 5) is 26.8. The highest BCUT2D eigenvalue weighted by Crippen LogP contribution is 2.27. The average molecular weight is 395 g/mol. The Morgan fingerprint density at radius 1 is 1.28 bits per heavy atom. The van der Waals surface area contributed by atoms with Gasteiger partial charge in [0, 0.05) is 19.8 Å². The highest BCUT2D eigenvalue weighted by molar-refractivity contribution is 5.88. The molecule has 0 bridgehead atoms. The molecule has 0 saturated carbocycles. The molecule has 0 fully saturated rings. The first-order valence-corrected chi connectivity index (χ1v) is 9.14. The van der Waals surface area contributed by atoms with Gasteiger partial charge in [0.2, 0.25) is 0 Å². The second-order valence-corrected chi connectivity index (χ2v) is 7.82. The predicted octanol–water partition coefficient (Wildman–Crippen LogP) is 3.69. The third-order valence-corrected chi connectivity index (χ3v) is 3.82. The van der Waals surface area contributed by atoms with Gasteiger partial charge in [-0.1, -0.05) is 0 Å². The normalized spacial score (nSPS) is 11.8. The first kappa shape index (κ1) is 20.2. The van der Waals surface area contributed by atoms with Crippen LogP contribution in [-0.2, 0) is 4.74 Å². The number of anilines is 1. The molecular formula is C20H25N7O2. The van der Waals surface area contributed by atoms with Gasteiger partial charge in [0.05, 0.1) is 18.2 Å². The number of carbonyl (C=O) groups is 1. The van der Waals surface area contributed by atoms with E-state index >= 15 is 0 Å². The molecule has 0 aliphatic carbocycles. The number of aryl methyl sites for hydroxylation is 1. The number of hydrogen-bond acceptors (Lipinski definition) is 6. The van der Waals surface area contributed by atoms with E-state index in [0.29, 0.717) is 22.5 Å². The molecular weight excluding hydrogens is 370 g/mol. The van der Waals surface area contributed by atoms with Gasteiger partial charge in [-0.25, -0.2) is 24.4 Å². The number of carbonyl (C=O) groups excluding carboxylic acids is 1. The van der Waals surface area contributed by atoms with E-state index in [1.165, 1.54) is 6.33 Å². The Morgan fingerprint density at radius 3 is 2.69 bits per heavy atom. The topological polar surface area (TPSA) is 97.5 Å². The average Bonchev–Trinajstić information content (AvgIpc) is 3.03. The van der Waals surface area contributed by atoms with Crippen LogP contribution < -0.4 is 5.32 Å². The van der Waals surface area contributed by atoms with Crippen LogP contribution in [0, 0.1) is 6.92 Å². The van der Waals surface area contributed by atoms with Gasteiger partial charge >= 0.3 is 6.09 Å². The van der Waals surface area contributed by atoms with Crippen LogP contribution >= 0.6 is 0 Å². The van der Waals surface area contributed by atoms with Gasteiger partial charge in [-0.15, -0.1) is 0 Å². The summed E-state index contributed by atoms with van der Waals surface area (Å²) >= 11 is 0. The monoisotopic (exact) mass is 395 g/mol. The molecule has 9 heteroatoms. The van der Waals surface area contributed by atoms with Gasteiger partial charge in [0.15, 0.2) is 5.82 Å². The molecule has 1 aromatic carbocycles. The molecule has 0 spiro atoms. The summed E-state index contributed by atoms with van der Waals surface area (Å²) in [5.74, 6) is 0.525. The number of nitrogens with zero attached hydrogens (tertiary/aromatic N) is 6. The molecule has 0 radical (unpaired) electrons. The smallest absolute Gasteiger partial charge is 0.412 e. The van der Waals surface area contributed by atoms with E-state index in [4.69, 9.17) is 4.74 Å². The molecule has 1 N–H and O–H groups in total. The molecule has 2 aromatic heterocycles. The van der Waals surface area contributed by atoms with Crippen molar-refractivity contribution in [1.29, 1.82) is 0 Å². The third kappa shape index (κ3) is 4.87. The summed E-state index contributed by atoms with van der Waals surface area (Å²) in [6.45, 7) is 7.41. The maximum absolute atomic E-state index is 12.0. The minimum Gasteiger partial charge on any atom is -0.444 e. The molecule has 152 valence electrons. The minimum absolute atomic E-state index is 0.497. The second kappa shape index (κ2) is 7.86. The van der Waals surface area contributed by atoms with Crippen LogP contribution in [0.4, 0.5) is 16.3 Å². The van der Waals surface area contributed by atoms with E-state index in [1.807, 2.05) is 58.8 Å². The summed E-state index contributed by atoms with van der Waals surface area (Å²) in [5.41, 5.74) is 3.24. The van der Waals surface area contributed by atoms with Gasteiger partial charge in [0.25, 0.3) is 0 Å². The molecule has 1 amide bonds. The van der Waals surface area contributed by atoms with Gasteiger partial charge in [-0.2, -0.15) is 5.10 Å². The molecule has 0 aliphatic rings. The van der Waals surface area contributed by atoms with Crippen LogP contribution in [0.25, 0.3) is 16.7 Å².